The fraction of sp³-hybridized carbons (Fsp3) is 0.250. The van der Waals surface area contributed by atoms with E-state index in [4.69, 9.17) is 0 Å². The number of ether oxygens (including phenoxy) is 1. The van der Waals surface area contributed by atoms with E-state index in [-0.39, 0.29) is 11.4 Å². The van der Waals surface area contributed by atoms with Crippen LogP contribution in [0.2, 0.25) is 0 Å². The normalized spacial score (nSPS) is 11.1. The third kappa shape index (κ3) is 4.26. The predicted molar refractivity (Wildman–Crippen MR) is 83.9 cm³/mol. The van der Waals surface area contributed by atoms with Gasteiger partial charge in [-0.1, -0.05) is 6.07 Å². The Morgan fingerprint density at radius 2 is 1.96 bits per heavy atom. The molecule has 0 aliphatic carbocycles. The van der Waals surface area contributed by atoms with Crippen molar-refractivity contribution in [2.24, 2.45) is 0 Å². The summed E-state index contributed by atoms with van der Waals surface area (Å²) in [4.78, 5) is 35.0. The zero-order chi connectivity index (χ0) is 19.5. The summed E-state index contributed by atoms with van der Waals surface area (Å²) < 4.78 is 44.3. The van der Waals surface area contributed by atoms with Gasteiger partial charge in [-0.2, -0.15) is 18.3 Å². The first kappa shape index (κ1) is 19.2. The number of halogens is 3. The number of carbonyl (C=O) groups is 2. The minimum Gasteiger partial charge on any atom is -0.451 e. The lowest BCUT2D eigenvalue weighted by atomic mass is 10.2. The number of hydrogen-bond donors (Lipinski definition) is 1. The summed E-state index contributed by atoms with van der Waals surface area (Å²) >= 11 is 0. The molecule has 0 saturated heterocycles. The topological polar surface area (TPSA) is 90.3 Å². The molecule has 1 aromatic heterocycles. The van der Waals surface area contributed by atoms with Gasteiger partial charge in [0.05, 0.1) is 11.3 Å². The summed E-state index contributed by atoms with van der Waals surface area (Å²) in [7, 11) is 1.33. The Morgan fingerprint density at radius 3 is 2.58 bits per heavy atom. The highest BCUT2D eigenvalue weighted by Crippen LogP contribution is 2.30. The zero-order valence-corrected chi connectivity index (χ0v) is 13.8. The van der Waals surface area contributed by atoms with Gasteiger partial charge in [0.1, 0.15) is 0 Å². The van der Waals surface area contributed by atoms with E-state index >= 15 is 0 Å². The smallest absolute Gasteiger partial charge is 0.416 e. The largest absolute Gasteiger partial charge is 0.451 e. The van der Waals surface area contributed by atoms with Crippen LogP contribution < -0.4 is 10.7 Å². The van der Waals surface area contributed by atoms with Crippen LogP contribution in [0.5, 0.6) is 0 Å². The molecule has 10 heteroatoms. The number of amides is 1. The van der Waals surface area contributed by atoms with E-state index in [0.717, 1.165) is 22.9 Å². The van der Waals surface area contributed by atoms with Gasteiger partial charge in [0.15, 0.2) is 6.61 Å². The molecular weight excluding hydrogens is 355 g/mol. The second-order valence-electron chi connectivity index (χ2n) is 5.21. The van der Waals surface area contributed by atoms with Gasteiger partial charge in [0.2, 0.25) is 11.1 Å². The lowest BCUT2D eigenvalue weighted by Crippen LogP contribution is -2.29. The molecule has 1 heterocycles. The summed E-state index contributed by atoms with van der Waals surface area (Å²) in [5.74, 6) is -1.75. The number of aromatic nitrogens is 2. The van der Waals surface area contributed by atoms with Gasteiger partial charge in [-0.05, 0) is 25.1 Å². The number of nitrogens with one attached hydrogen (secondary N) is 1. The van der Waals surface area contributed by atoms with Gasteiger partial charge in [0.25, 0.3) is 5.91 Å². The van der Waals surface area contributed by atoms with Crippen molar-refractivity contribution in [3.63, 3.8) is 0 Å². The predicted octanol–water partition coefficient (Wildman–Crippen LogP) is 1.46. The van der Waals surface area contributed by atoms with Crippen LogP contribution in [-0.2, 0) is 15.7 Å². The molecule has 0 aliphatic heterocycles. The van der Waals surface area contributed by atoms with Crippen molar-refractivity contribution in [3.05, 3.63) is 57.5 Å². The molecule has 26 heavy (non-hydrogen) atoms. The molecule has 0 atom stereocenters. The lowest BCUT2D eigenvalue weighted by molar-refractivity contribution is -0.137. The first-order valence-electron chi connectivity index (χ1n) is 7.30. The average molecular weight is 369 g/mol. The molecule has 0 fully saturated rings. The molecule has 0 saturated carbocycles. The minimum absolute atomic E-state index is 0.0117. The Balaban J connectivity index is 2.44. The molecule has 0 aliphatic rings. The maximum atomic E-state index is 12.9. The third-order valence-corrected chi connectivity index (χ3v) is 3.33. The molecule has 2 rings (SSSR count). The van der Waals surface area contributed by atoms with Crippen molar-refractivity contribution in [1.29, 1.82) is 0 Å². The van der Waals surface area contributed by atoms with Crippen molar-refractivity contribution >= 4 is 11.9 Å². The first-order chi connectivity index (χ1) is 12.1. The van der Waals surface area contributed by atoms with Gasteiger partial charge in [-0.3, -0.25) is 9.59 Å². The summed E-state index contributed by atoms with van der Waals surface area (Å²) in [6, 6.07) is 5.30. The monoisotopic (exact) mass is 369 g/mol. The van der Waals surface area contributed by atoms with Gasteiger partial charge in [-0.25, -0.2) is 9.48 Å². The number of likely N-dealkylation sites (N-methyl/N-ethyl adjacent to an activating group) is 1. The van der Waals surface area contributed by atoms with E-state index in [0.29, 0.717) is 0 Å². The average Bonchev–Trinajstić information content (AvgIpc) is 2.58. The second-order valence-corrected chi connectivity index (χ2v) is 5.21. The van der Waals surface area contributed by atoms with Crippen molar-refractivity contribution in [1.82, 2.24) is 15.1 Å². The molecule has 0 spiro atoms. The number of alkyl halides is 3. The van der Waals surface area contributed by atoms with Crippen molar-refractivity contribution in [3.8, 4) is 5.69 Å². The SMILES string of the molecule is CNC(=O)COC(=O)c1nn(-c2cccc(C(F)(F)F)c2)c(C)cc1=O. The van der Waals surface area contributed by atoms with Crippen LogP contribution in [0.25, 0.3) is 5.69 Å². The van der Waals surface area contributed by atoms with Crippen LogP contribution in [0.4, 0.5) is 13.2 Å². The van der Waals surface area contributed by atoms with Crippen LogP contribution in [0.15, 0.2) is 35.1 Å². The van der Waals surface area contributed by atoms with Crippen LogP contribution in [0, 0.1) is 6.92 Å². The standard InChI is InChI=1S/C16H14F3N3O4/c1-9-6-12(23)14(15(25)26-8-13(24)20-2)21-22(9)11-5-3-4-10(7-11)16(17,18)19/h3-7H,8H2,1-2H3,(H,20,24). The molecule has 0 radical (unpaired) electrons. The molecule has 0 unspecified atom stereocenters. The second kappa shape index (κ2) is 7.38. The first-order valence-corrected chi connectivity index (χ1v) is 7.30. The molecular formula is C16H14F3N3O4. The van der Waals surface area contributed by atoms with E-state index < -0.39 is 41.3 Å². The summed E-state index contributed by atoms with van der Waals surface area (Å²) in [5, 5.41) is 6.03. The summed E-state index contributed by atoms with van der Waals surface area (Å²) in [6.07, 6.45) is -4.56. The highest BCUT2D eigenvalue weighted by Gasteiger charge is 2.30. The molecule has 1 N–H and O–H groups in total. The van der Waals surface area contributed by atoms with Gasteiger partial charge < -0.3 is 10.1 Å². The number of esters is 1. The Morgan fingerprint density at radius 1 is 1.27 bits per heavy atom. The van der Waals surface area contributed by atoms with Crippen molar-refractivity contribution in [2.45, 2.75) is 13.1 Å². The number of rotatable bonds is 4. The van der Waals surface area contributed by atoms with Crippen molar-refractivity contribution in [2.75, 3.05) is 13.7 Å². The highest BCUT2D eigenvalue weighted by atomic mass is 19.4. The van der Waals surface area contributed by atoms with Crippen LogP contribution in [-0.4, -0.2) is 35.3 Å². The van der Waals surface area contributed by atoms with E-state index in [9.17, 15) is 27.6 Å². The summed E-state index contributed by atoms with van der Waals surface area (Å²) in [5.41, 5.74) is -2.09. The Bertz CT molecular complexity index is 906. The number of nitrogens with zero attached hydrogens (tertiary/aromatic N) is 2. The lowest BCUT2D eigenvalue weighted by Gasteiger charge is -2.13. The van der Waals surface area contributed by atoms with E-state index in [2.05, 4.69) is 15.2 Å². The minimum atomic E-state index is -4.56. The van der Waals surface area contributed by atoms with Gasteiger partial charge >= 0.3 is 12.1 Å². The van der Waals surface area contributed by atoms with E-state index in [1.807, 2.05) is 0 Å². The van der Waals surface area contributed by atoms with Crippen molar-refractivity contribution < 1.29 is 27.5 Å². The summed E-state index contributed by atoms with van der Waals surface area (Å²) in [6.45, 7) is 0.836. The molecule has 0 bridgehead atoms. The molecule has 2 aromatic rings. The molecule has 1 aromatic carbocycles. The zero-order valence-electron chi connectivity index (χ0n) is 13.8. The quantitative estimate of drug-likeness (QED) is 0.824. The van der Waals surface area contributed by atoms with E-state index in [1.54, 1.807) is 0 Å². The van der Waals surface area contributed by atoms with Crippen LogP contribution in [0.1, 0.15) is 21.7 Å². The molecule has 1 amide bonds. The Hall–Kier alpha value is -3.17. The number of aryl methyl sites for hydroxylation is 1. The maximum absolute atomic E-state index is 12.9. The fourth-order valence-corrected chi connectivity index (χ4v) is 2.04. The maximum Gasteiger partial charge on any atom is 0.416 e. The highest BCUT2D eigenvalue weighted by molar-refractivity contribution is 5.89. The number of carbonyl (C=O) groups excluding carboxylic acids is 2. The van der Waals surface area contributed by atoms with Gasteiger partial charge in [0, 0.05) is 18.8 Å². The Labute approximate surface area is 145 Å². The molecule has 138 valence electrons. The fourth-order valence-electron chi connectivity index (χ4n) is 2.04. The number of hydrogen-bond acceptors (Lipinski definition) is 5. The number of benzene rings is 1. The van der Waals surface area contributed by atoms with Crippen LogP contribution in [0.3, 0.4) is 0 Å². The molecule has 7 nitrogen and oxygen atoms in total. The van der Waals surface area contributed by atoms with E-state index in [1.165, 1.54) is 26.1 Å². The van der Waals surface area contributed by atoms with Gasteiger partial charge in [-0.15, -0.1) is 0 Å². The third-order valence-electron chi connectivity index (χ3n) is 3.33. The van der Waals surface area contributed by atoms with Crippen LogP contribution >= 0.6 is 0 Å². The Kier molecular flexibility index (Phi) is 5.44.